The Morgan fingerprint density at radius 3 is 2.13 bits per heavy atom. The first-order valence-corrected chi connectivity index (χ1v) is 17.4. The van der Waals surface area contributed by atoms with Gasteiger partial charge in [0.25, 0.3) is 0 Å². The van der Waals surface area contributed by atoms with E-state index in [1.54, 1.807) is 7.11 Å². The molecule has 0 spiro atoms. The monoisotopic (exact) mass is 627 g/mol. The minimum atomic E-state index is -0.278. The maximum atomic E-state index is 12.4. The van der Waals surface area contributed by atoms with E-state index in [9.17, 15) is 9.59 Å². The SMILES string of the molecule is CC.CC.CC(C)CCN(C(=O)C1CCCNC1)C(C)C.COCCCCC1(CNC=O)c2ccccc2Oc2ccccc21.[HH]. The number of piperidine rings is 1. The molecular formula is C38H65N3O4. The standard InChI is InChI=1S/C20H23NO3.C14H28N2O.2C2H6.H2/c1-23-13-7-6-12-20(14-21-15-22)16-8-2-4-10-18(16)24-19-11-5-3-9-17(19)20;1-11(2)7-9-16(12(3)4)14(17)13-6-5-8-15-10-13;2*1-2;/h2-5,8-11,15H,6-7,12-14H2,1H3,(H,21,22);11-13,15H,5-10H2,1-4H3;2*1-2H3;1H. The van der Waals surface area contributed by atoms with Gasteiger partial charge < -0.3 is 25.0 Å². The van der Waals surface area contributed by atoms with Gasteiger partial charge in [-0.2, -0.15) is 0 Å². The van der Waals surface area contributed by atoms with E-state index in [1.165, 1.54) is 0 Å². The molecule has 2 heterocycles. The van der Waals surface area contributed by atoms with Crippen LogP contribution >= 0.6 is 0 Å². The number of hydrogen-bond donors (Lipinski definition) is 2. The summed E-state index contributed by atoms with van der Waals surface area (Å²) in [5.41, 5.74) is 1.99. The van der Waals surface area contributed by atoms with Gasteiger partial charge in [0, 0.05) is 57.4 Å². The highest BCUT2D eigenvalue weighted by Gasteiger charge is 2.41. The quantitative estimate of drug-likeness (QED) is 0.173. The molecule has 0 bridgehead atoms. The van der Waals surface area contributed by atoms with Gasteiger partial charge in [0.05, 0.1) is 5.92 Å². The third kappa shape index (κ3) is 12.1. The summed E-state index contributed by atoms with van der Waals surface area (Å²) in [4.78, 5) is 25.5. The van der Waals surface area contributed by atoms with Crippen LogP contribution in [-0.4, -0.2) is 63.2 Å². The van der Waals surface area contributed by atoms with E-state index in [0.717, 1.165) is 93.8 Å². The molecule has 256 valence electrons. The van der Waals surface area contributed by atoms with Crippen molar-refractivity contribution in [3.63, 3.8) is 0 Å². The highest BCUT2D eigenvalue weighted by atomic mass is 16.5. The maximum absolute atomic E-state index is 12.4. The molecule has 2 amide bonds. The molecule has 2 aromatic carbocycles. The Kier molecular flexibility index (Phi) is 20.1. The Bertz CT molecular complexity index is 1040. The second-order valence-electron chi connectivity index (χ2n) is 12.0. The van der Waals surface area contributed by atoms with E-state index < -0.39 is 0 Å². The molecule has 1 atom stereocenters. The van der Waals surface area contributed by atoms with Crippen LogP contribution in [0.4, 0.5) is 0 Å². The van der Waals surface area contributed by atoms with Crippen LogP contribution in [-0.2, 0) is 19.7 Å². The number of ether oxygens (including phenoxy) is 2. The summed E-state index contributed by atoms with van der Waals surface area (Å²) in [7, 11) is 1.72. The molecule has 7 nitrogen and oxygen atoms in total. The fourth-order valence-corrected chi connectivity index (χ4v) is 5.92. The average Bonchev–Trinajstić information content (AvgIpc) is 3.08. The summed E-state index contributed by atoms with van der Waals surface area (Å²) in [5, 5.41) is 6.24. The molecule has 0 radical (unpaired) electrons. The predicted molar refractivity (Wildman–Crippen MR) is 190 cm³/mol. The highest BCUT2D eigenvalue weighted by Crippen LogP contribution is 2.50. The molecule has 2 aromatic rings. The second-order valence-corrected chi connectivity index (χ2v) is 12.0. The minimum Gasteiger partial charge on any atom is -0.457 e. The van der Waals surface area contributed by atoms with Crippen molar-refractivity contribution in [2.75, 3.05) is 39.9 Å². The molecule has 1 fully saturated rings. The number of rotatable bonds is 13. The van der Waals surface area contributed by atoms with Gasteiger partial charge >= 0.3 is 0 Å². The lowest BCUT2D eigenvalue weighted by molar-refractivity contribution is -0.138. The summed E-state index contributed by atoms with van der Waals surface area (Å²) in [5.74, 6) is 2.96. The number of methoxy groups -OCH3 is 1. The summed E-state index contributed by atoms with van der Waals surface area (Å²) < 4.78 is 11.3. The van der Waals surface area contributed by atoms with Crippen LogP contribution in [0.2, 0.25) is 0 Å². The van der Waals surface area contributed by atoms with Crippen LogP contribution in [0.15, 0.2) is 48.5 Å². The van der Waals surface area contributed by atoms with Crippen molar-refractivity contribution >= 4 is 12.3 Å². The summed E-state index contributed by atoms with van der Waals surface area (Å²) in [6, 6.07) is 16.5. The van der Waals surface area contributed by atoms with E-state index in [-0.39, 0.29) is 12.8 Å². The fourth-order valence-electron chi connectivity index (χ4n) is 5.92. The van der Waals surface area contributed by atoms with Gasteiger partial charge in [-0.15, -0.1) is 0 Å². The van der Waals surface area contributed by atoms with Crippen LogP contribution in [0.25, 0.3) is 0 Å². The van der Waals surface area contributed by atoms with E-state index >= 15 is 0 Å². The number of carbonyl (C=O) groups excluding carboxylic acids is 2. The van der Waals surface area contributed by atoms with Crippen molar-refractivity contribution in [2.45, 2.75) is 105 Å². The highest BCUT2D eigenvalue weighted by molar-refractivity contribution is 5.79. The smallest absolute Gasteiger partial charge is 0.227 e. The number of benzene rings is 2. The Hall–Kier alpha value is -2.90. The molecule has 1 unspecified atom stereocenters. The summed E-state index contributed by atoms with van der Waals surface area (Å²) in [6.07, 6.45) is 6.99. The second kappa shape index (κ2) is 22.6. The number of hydrogen-bond acceptors (Lipinski definition) is 5. The molecule has 0 aromatic heterocycles. The number of carbonyl (C=O) groups is 2. The van der Waals surface area contributed by atoms with Crippen LogP contribution in [0.1, 0.15) is 106 Å². The van der Waals surface area contributed by atoms with E-state index in [1.807, 2.05) is 64.1 Å². The third-order valence-corrected chi connectivity index (χ3v) is 8.21. The van der Waals surface area contributed by atoms with Crippen LogP contribution in [0, 0.1) is 11.8 Å². The third-order valence-electron chi connectivity index (χ3n) is 8.21. The van der Waals surface area contributed by atoms with Crippen molar-refractivity contribution in [1.82, 2.24) is 15.5 Å². The van der Waals surface area contributed by atoms with Crippen molar-refractivity contribution in [2.24, 2.45) is 11.8 Å². The van der Waals surface area contributed by atoms with Crippen LogP contribution < -0.4 is 15.4 Å². The molecule has 7 heteroatoms. The molecule has 45 heavy (non-hydrogen) atoms. The molecule has 0 aliphatic carbocycles. The first kappa shape index (κ1) is 40.1. The zero-order valence-corrected chi connectivity index (χ0v) is 29.8. The number of unbranched alkanes of at least 4 members (excludes halogenated alkanes) is 1. The largest absolute Gasteiger partial charge is 0.457 e. The van der Waals surface area contributed by atoms with Gasteiger partial charge in [-0.3, -0.25) is 9.59 Å². The first-order valence-electron chi connectivity index (χ1n) is 17.4. The lowest BCUT2D eigenvalue weighted by atomic mass is 9.69. The van der Waals surface area contributed by atoms with Crippen molar-refractivity contribution < 1.29 is 20.5 Å². The van der Waals surface area contributed by atoms with Gasteiger partial charge in [0.1, 0.15) is 11.5 Å². The van der Waals surface area contributed by atoms with E-state index in [4.69, 9.17) is 9.47 Å². The zero-order valence-electron chi connectivity index (χ0n) is 29.8. The van der Waals surface area contributed by atoms with Gasteiger partial charge in [-0.05, 0) is 77.0 Å². The maximum Gasteiger partial charge on any atom is 0.227 e. The molecular weight excluding hydrogens is 562 g/mol. The zero-order chi connectivity index (χ0) is 33.7. The van der Waals surface area contributed by atoms with Crippen LogP contribution in [0.5, 0.6) is 11.5 Å². The number of amides is 2. The van der Waals surface area contributed by atoms with Gasteiger partial charge in [0.2, 0.25) is 12.3 Å². The van der Waals surface area contributed by atoms with E-state index in [2.05, 4.69) is 55.4 Å². The fraction of sp³-hybridized carbons (Fsp3) is 0.632. The minimum absolute atomic E-state index is 0. The topological polar surface area (TPSA) is 79.9 Å². The van der Waals surface area contributed by atoms with Crippen molar-refractivity contribution in [3.8, 4) is 11.5 Å². The van der Waals surface area contributed by atoms with Gasteiger partial charge in [0.15, 0.2) is 0 Å². The Morgan fingerprint density at radius 1 is 1.04 bits per heavy atom. The van der Waals surface area contributed by atoms with Crippen molar-refractivity contribution in [3.05, 3.63) is 59.7 Å². The molecule has 2 aliphatic heterocycles. The predicted octanol–water partition coefficient (Wildman–Crippen LogP) is 8.21. The van der Waals surface area contributed by atoms with E-state index in [0.29, 0.717) is 24.4 Å². The Morgan fingerprint density at radius 2 is 1.64 bits per heavy atom. The Labute approximate surface area is 276 Å². The molecule has 2 aliphatic rings. The molecule has 2 N–H and O–H groups in total. The van der Waals surface area contributed by atoms with Gasteiger partial charge in [-0.1, -0.05) is 77.9 Å². The van der Waals surface area contributed by atoms with Crippen molar-refractivity contribution in [1.29, 1.82) is 0 Å². The molecule has 1 saturated heterocycles. The average molecular weight is 628 g/mol. The number of fused-ring (bicyclic) bond motifs is 2. The summed E-state index contributed by atoms with van der Waals surface area (Å²) in [6.45, 7) is 20.8. The summed E-state index contributed by atoms with van der Waals surface area (Å²) >= 11 is 0. The lowest BCUT2D eigenvalue weighted by Crippen LogP contribution is -2.46. The normalized spacial score (nSPS) is 15.8. The number of nitrogens with zero attached hydrogens (tertiary/aromatic N) is 1. The molecule has 0 saturated carbocycles. The van der Waals surface area contributed by atoms with Gasteiger partial charge in [-0.25, -0.2) is 0 Å². The number of nitrogens with one attached hydrogen (secondary N) is 2. The first-order chi connectivity index (χ1) is 21.8. The Balaban J connectivity index is 0.000000816. The van der Waals surface area contributed by atoms with Crippen LogP contribution in [0.3, 0.4) is 0 Å². The number of para-hydroxylation sites is 2. The molecule has 4 rings (SSSR count). The lowest BCUT2D eigenvalue weighted by Gasteiger charge is -2.40.